The van der Waals surface area contributed by atoms with Crippen molar-refractivity contribution < 1.29 is 9.84 Å². The van der Waals surface area contributed by atoms with E-state index < -0.39 is 0 Å². The average molecular weight is 567 g/mol. The molecule has 33 heavy (non-hydrogen) atoms. The normalized spacial score (nSPS) is 14.5. The van der Waals surface area contributed by atoms with Crippen LogP contribution in [0.2, 0.25) is 0 Å². The number of aliphatic imine (C=N–C) groups is 1. The Morgan fingerprint density at radius 2 is 1.79 bits per heavy atom. The zero-order chi connectivity index (χ0) is 22.8. The van der Waals surface area contributed by atoms with Crippen LogP contribution in [-0.2, 0) is 13.0 Å². The van der Waals surface area contributed by atoms with E-state index in [0.717, 1.165) is 62.7 Å². The highest BCUT2D eigenvalue weighted by Gasteiger charge is 2.18. The van der Waals surface area contributed by atoms with Gasteiger partial charge < -0.3 is 25.4 Å². The predicted octanol–water partition coefficient (Wildman–Crippen LogP) is 4.13. The Hall–Kier alpha value is -2.00. The molecule has 3 rings (SSSR count). The third-order valence-electron chi connectivity index (χ3n) is 6.12. The molecule has 3 N–H and O–H groups in total. The van der Waals surface area contributed by atoms with Gasteiger partial charge in [0.05, 0.1) is 13.7 Å². The molecule has 0 aromatic heterocycles. The minimum Gasteiger partial charge on any atom is -0.496 e. The number of hydrogen-bond donors (Lipinski definition) is 3. The second-order valence-electron chi connectivity index (χ2n) is 8.46. The highest BCUT2D eigenvalue weighted by atomic mass is 127. The third kappa shape index (κ3) is 8.37. The van der Waals surface area contributed by atoms with E-state index in [1.807, 2.05) is 0 Å². The van der Waals surface area contributed by atoms with Crippen LogP contribution in [0.5, 0.6) is 5.75 Å². The minimum atomic E-state index is 0. The number of nitrogens with zero attached hydrogens (tertiary/aromatic N) is 2. The first kappa shape index (κ1) is 27.2. The number of hydrogen-bond acceptors (Lipinski definition) is 4. The van der Waals surface area contributed by atoms with Gasteiger partial charge in [-0.2, -0.15) is 0 Å². The molecule has 1 aliphatic heterocycles. The molecule has 0 aliphatic carbocycles. The van der Waals surface area contributed by atoms with E-state index in [4.69, 9.17) is 9.73 Å². The van der Waals surface area contributed by atoms with Crippen LogP contribution in [0.3, 0.4) is 0 Å². The maximum absolute atomic E-state index is 9.32. The maximum Gasteiger partial charge on any atom is 0.191 e. The van der Waals surface area contributed by atoms with E-state index in [-0.39, 0.29) is 24.0 Å². The molecular weight excluding hydrogens is 527 g/mol. The van der Waals surface area contributed by atoms with Gasteiger partial charge in [-0.1, -0.05) is 24.3 Å². The number of rotatable bonds is 9. The van der Waals surface area contributed by atoms with Crippen LogP contribution in [0.15, 0.2) is 47.5 Å². The van der Waals surface area contributed by atoms with Crippen molar-refractivity contribution >= 4 is 35.6 Å². The summed E-state index contributed by atoms with van der Waals surface area (Å²) in [6, 6.07) is 15.1. The molecule has 0 spiro atoms. The number of nitrogens with one attached hydrogen (secondary N) is 2. The molecule has 182 valence electrons. The average Bonchev–Trinajstić information content (AvgIpc) is 2.84. The highest BCUT2D eigenvalue weighted by Crippen LogP contribution is 2.23. The van der Waals surface area contributed by atoms with Crippen molar-refractivity contribution in [3.05, 3.63) is 59.2 Å². The number of halogens is 1. The van der Waals surface area contributed by atoms with Gasteiger partial charge in [0, 0.05) is 38.5 Å². The van der Waals surface area contributed by atoms with Crippen molar-refractivity contribution in [1.82, 2.24) is 10.6 Å². The van der Waals surface area contributed by atoms with Gasteiger partial charge in [0.25, 0.3) is 0 Å². The lowest BCUT2D eigenvalue weighted by Crippen LogP contribution is -2.38. The fourth-order valence-electron chi connectivity index (χ4n) is 4.04. The number of anilines is 1. The van der Waals surface area contributed by atoms with Gasteiger partial charge in [-0.05, 0) is 73.9 Å². The Labute approximate surface area is 215 Å². The monoisotopic (exact) mass is 566 g/mol. The van der Waals surface area contributed by atoms with Crippen LogP contribution in [0, 0.1) is 12.8 Å². The second kappa shape index (κ2) is 14.3. The Balaban J connectivity index is 0.00000385. The smallest absolute Gasteiger partial charge is 0.191 e. The Kier molecular flexibility index (Phi) is 11.8. The largest absolute Gasteiger partial charge is 0.496 e. The molecule has 2 aromatic rings. The van der Waals surface area contributed by atoms with E-state index in [1.54, 1.807) is 7.11 Å². The Morgan fingerprint density at radius 3 is 2.42 bits per heavy atom. The summed E-state index contributed by atoms with van der Waals surface area (Å²) in [5.74, 6) is 2.23. The van der Waals surface area contributed by atoms with Crippen molar-refractivity contribution in [2.24, 2.45) is 10.9 Å². The van der Waals surface area contributed by atoms with Crippen LogP contribution < -0.4 is 20.3 Å². The standard InChI is InChI=1S/C26H38N4O2.HI/c1-4-27-26(28-14-11-21-6-5-20(2)25(17-21)32-3)29-18-22-7-9-24(10-8-22)30-15-12-23(19-31)13-16-30;/h5-10,17,23,31H,4,11-16,18-19H2,1-3H3,(H2,27,28,29);1H. The molecule has 1 heterocycles. The number of piperidine rings is 1. The van der Waals surface area contributed by atoms with Gasteiger partial charge in [-0.25, -0.2) is 4.99 Å². The molecule has 0 radical (unpaired) electrons. The van der Waals surface area contributed by atoms with Gasteiger partial charge in [-0.15, -0.1) is 24.0 Å². The lowest BCUT2D eigenvalue weighted by Gasteiger charge is -2.32. The minimum absolute atomic E-state index is 0. The Bertz CT molecular complexity index is 865. The number of ether oxygens (including phenoxy) is 1. The molecular formula is C26H39IN4O2. The summed E-state index contributed by atoms with van der Waals surface area (Å²) >= 11 is 0. The molecule has 0 bridgehead atoms. The van der Waals surface area contributed by atoms with E-state index >= 15 is 0 Å². The predicted molar refractivity (Wildman–Crippen MR) is 148 cm³/mol. The zero-order valence-corrected chi connectivity index (χ0v) is 22.5. The molecule has 0 saturated carbocycles. The SMILES string of the molecule is CCNC(=NCc1ccc(N2CCC(CO)CC2)cc1)NCCc1ccc(C)c(OC)c1.I. The number of methoxy groups -OCH3 is 1. The molecule has 2 aromatic carbocycles. The van der Waals surface area contributed by atoms with Crippen molar-refractivity contribution in [3.63, 3.8) is 0 Å². The van der Waals surface area contributed by atoms with Gasteiger partial charge in [0.15, 0.2) is 5.96 Å². The number of guanidine groups is 1. The van der Waals surface area contributed by atoms with Gasteiger partial charge >= 0.3 is 0 Å². The van der Waals surface area contributed by atoms with E-state index in [2.05, 4.69) is 71.8 Å². The Morgan fingerprint density at radius 1 is 1.09 bits per heavy atom. The van der Waals surface area contributed by atoms with Crippen LogP contribution in [0.25, 0.3) is 0 Å². The molecule has 0 amide bonds. The summed E-state index contributed by atoms with van der Waals surface area (Å²) in [4.78, 5) is 7.16. The summed E-state index contributed by atoms with van der Waals surface area (Å²) in [7, 11) is 1.71. The summed E-state index contributed by atoms with van der Waals surface area (Å²) in [6.45, 7) is 8.76. The van der Waals surface area contributed by atoms with E-state index in [9.17, 15) is 5.11 Å². The van der Waals surface area contributed by atoms with Gasteiger partial charge in [0.2, 0.25) is 0 Å². The summed E-state index contributed by atoms with van der Waals surface area (Å²) in [5.41, 5.74) is 4.85. The van der Waals surface area contributed by atoms with E-state index in [1.165, 1.54) is 16.8 Å². The van der Waals surface area contributed by atoms with Crippen molar-refractivity contribution in [1.29, 1.82) is 0 Å². The van der Waals surface area contributed by atoms with Crippen LogP contribution in [0.4, 0.5) is 5.69 Å². The second-order valence-corrected chi connectivity index (χ2v) is 8.46. The third-order valence-corrected chi connectivity index (χ3v) is 6.12. The van der Waals surface area contributed by atoms with Gasteiger partial charge in [0.1, 0.15) is 5.75 Å². The van der Waals surface area contributed by atoms with Crippen molar-refractivity contribution in [2.45, 2.75) is 39.7 Å². The first-order valence-corrected chi connectivity index (χ1v) is 11.7. The molecule has 7 heteroatoms. The number of aliphatic hydroxyl groups is 1. The van der Waals surface area contributed by atoms with Crippen LogP contribution >= 0.6 is 24.0 Å². The number of aliphatic hydroxyl groups excluding tert-OH is 1. The fourth-order valence-corrected chi connectivity index (χ4v) is 4.04. The maximum atomic E-state index is 9.32. The summed E-state index contributed by atoms with van der Waals surface area (Å²) < 4.78 is 5.43. The number of benzene rings is 2. The molecule has 1 saturated heterocycles. The van der Waals surface area contributed by atoms with Crippen molar-refractivity contribution in [3.8, 4) is 5.75 Å². The topological polar surface area (TPSA) is 69.1 Å². The fraction of sp³-hybridized carbons (Fsp3) is 0.500. The first-order chi connectivity index (χ1) is 15.6. The quantitative estimate of drug-likeness (QED) is 0.242. The molecule has 1 aliphatic rings. The number of aryl methyl sites for hydroxylation is 1. The molecule has 0 unspecified atom stereocenters. The summed E-state index contributed by atoms with van der Waals surface area (Å²) in [5, 5.41) is 16.1. The molecule has 0 atom stereocenters. The van der Waals surface area contributed by atoms with Crippen LogP contribution in [-0.4, -0.2) is 51.0 Å². The zero-order valence-electron chi connectivity index (χ0n) is 20.1. The van der Waals surface area contributed by atoms with Crippen molar-refractivity contribution in [2.75, 3.05) is 44.8 Å². The highest BCUT2D eigenvalue weighted by molar-refractivity contribution is 14.0. The summed E-state index contributed by atoms with van der Waals surface area (Å²) in [6.07, 6.45) is 3.04. The lowest BCUT2D eigenvalue weighted by atomic mass is 9.97. The lowest BCUT2D eigenvalue weighted by molar-refractivity contribution is 0.203. The molecule has 1 fully saturated rings. The first-order valence-electron chi connectivity index (χ1n) is 11.7. The van der Waals surface area contributed by atoms with Crippen LogP contribution in [0.1, 0.15) is 36.5 Å². The van der Waals surface area contributed by atoms with Gasteiger partial charge in [-0.3, -0.25) is 0 Å². The molecule has 6 nitrogen and oxygen atoms in total. The van der Waals surface area contributed by atoms with E-state index in [0.29, 0.717) is 19.1 Å².